The Morgan fingerprint density at radius 2 is 2.06 bits per heavy atom. The van der Waals surface area contributed by atoms with E-state index in [1.54, 1.807) is 23.9 Å². The Labute approximate surface area is 189 Å². The lowest BCUT2D eigenvalue weighted by Gasteiger charge is -2.19. The fourth-order valence-electron chi connectivity index (χ4n) is 4.76. The second-order valence-corrected chi connectivity index (χ2v) is 8.47. The van der Waals surface area contributed by atoms with Crippen molar-refractivity contribution in [2.45, 2.75) is 37.3 Å². The van der Waals surface area contributed by atoms with Crippen LogP contribution in [-0.4, -0.2) is 45.3 Å². The summed E-state index contributed by atoms with van der Waals surface area (Å²) < 4.78 is 7.45. The molecular formula is C24H24N4O5. The van der Waals surface area contributed by atoms with Crippen LogP contribution in [0.1, 0.15) is 41.6 Å². The smallest absolute Gasteiger partial charge is 0.258 e. The van der Waals surface area contributed by atoms with E-state index in [-0.39, 0.29) is 30.7 Å². The first-order valence-electron chi connectivity index (χ1n) is 10.9. The van der Waals surface area contributed by atoms with Crippen LogP contribution in [0.15, 0.2) is 42.5 Å². The van der Waals surface area contributed by atoms with Gasteiger partial charge in [-0.05, 0) is 23.6 Å². The number of carbonyl (C=O) groups excluding carboxylic acids is 3. The van der Waals surface area contributed by atoms with Gasteiger partial charge in [0.2, 0.25) is 11.8 Å². The Balaban J connectivity index is 1.33. The van der Waals surface area contributed by atoms with Crippen LogP contribution >= 0.6 is 0 Å². The summed E-state index contributed by atoms with van der Waals surface area (Å²) in [4.78, 5) is 36.5. The molecule has 5 rings (SSSR count). The van der Waals surface area contributed by atoms with Gasteiger partial charge in [-0.15, -0.1) is 0 Å². The number of fused-ring (bicyclic) bond motifs is 2. The minimum absolute atomic E-state index is 0.233. The van der Waals surface area contributed by atoms with Crippen molar-refractivity contribution in [2.24, 2.45) is 7.05 Å². The van der Waals surface area contributed by atoms with E-state index in [4.69, 9.17) is 4.74 Å². The average molecular weight is 448 g/mol. The highest BCUT2D eigenvalue weighted by Gasteiger charge is 2.33. The molecule has 0 saturated carbocycles. The zero-order chi connectivity index (χ0) is 23.1. The lowest BCUT2D eigenvalue weighted by Crippen LogP contribution is -2.39. The van der Waals surface area contributed by atoms with Gasteiger partial charge in [0.25, 0.3) is 5.91 Å². The Hall–Kier alpha value is -3.72. The van der Waals surface area contributed by atoms with Gasteiger partial charge in [0, 0.05) is 25.3 Å². The van der Waals surface area contributed by atoms with E-state index in [0.717, 1.165) is 16.5 Å². The predicted octanol–water partition coefficient (Wildman–Crippen LogP) is 1.25. The van der Waals surface area contributed by atoms with Gasteiger partial charge in [-0.2, -0.15) is 5.10 Å². The molecule has 1 aliphatic carbocycles. The molecule has 2 aliphatic rings. The van der Waals surface area contributed by atoms with Gasteiger partial charge >= 0.3 is 0 Å². The number of aromatic nitrogens is 2. The lowest BCUT2D eigenvalue weighted by molar-refractivity contribution is -0.134. The van der Waals surface area contributed by atoms with Crippen molar-refractivity contribution in [3.8, 4) is 5.75 Å². The number of para-hydroxylation sites is 1. The maximum absolute atomic E-state index is 12.6. The van der Waals surface area contributed by atoms with Crippen LogP contribution in [0.3, 0.4) is 0 Å². The van der Waals surface area contributed by atoms with Gasteiger partial charge in [-0.25, -0.2) is 0 Å². The Bertz CT molecular complexity index is 1270. The molecule has 3 atom stereocenters. The van der Waals surface area contributed by atoms with E-state index < -0.39 is 18.1 Å². The molecule has 0 spiro atoms. The number of aryl methyl sites for hydroxylation is 1. The van der Waals surface area contributed by atoms with Crippen molar-refractivity contribution in [2.75, 3.05) is 6.61 Å². The fourth-order valence-corrected chi connectivity index (χ4v) is 4.76. The monoisotopic (exact) mass is 448 g/mol. The second-order valence-electron chi connectivity index (χ2n) is 8.47. The maximum Gasteiger partial charge on any atom is 0.258 e. The molecule has 2 heterocycles. The first kappa shape index (κ1) is 21.1. The Kier molecular flexibility index (Phi) is 5.33. The van der Waals surface area contributed by atoms with Gasteiger partial charge < -0.3 is 15.2 Å². The normalized spacial score (nSPS) is 22.2. The summed E-state index contributed by atoms with van der Waals surface area (Å²) >= 11 is 0. The zero-order valence-electron chi connectivity index (χ0n) is 18.1. The first-order valence-corrected chi connectivity index (χ1v) is 10.9. The number of ether oxygens (including phenoxy) is 1. The largest absolute Gasteiger partial charge is 0.482 e. The highest BCUT2D eigenvalue weighted by atomic mass is 16.5. The van der Waals surface area contributed by atoms with E-state index in [9.17, 15) is 19.5 Å². The number of benzene rings is 2. The third-order valence-electron chi connectivity index (χ3n) is 6.30. The number of amides is 3. The average Bonchev–Trinajstić information content (AvgIpc) is 3.29. The number of rotatable bonds is 5. The van der Waals surface area contributed by atoms with E-state index in [1.807, 2.05) is 30.3 Å². The number of hydrogen-bond donors (Lipinski definition) is 3. The lowest BCUT2D eigenvalue weighted by atomic mass is 9.93. The van der Waals surface area contributed by atoms with Crippen LogP contribution in [0.25, 0.3) is 10.9 Å². The second kappa shape index (κ2) is 8.32. The number of nitrogens with one attached hydrogen (secondary N) is 2. The van der Waals surface area contributed by atoms with E-state index in [1.165, 1.54) is 0 Å². The van der Waals surface area contributed by atoms with Gasteiger partial charge in [-0.1, -0.05) is 36.4 Å². The highest BCUT2D eigenvalue weighted by Crippen LogP contribution is 2.34. The molecule has 170 valence electrons. The molecule has 33 heavy (non-hydrogen) atoms. The quantitative estimate of drug-likeness (QED) is 0.505. The van der Waals surface area contributed by atoms with Crippen molar-refractivity contribution in [1.29, 1.82) is 0 Å². The van der Waals surface area contributed by atoms with Crippen molar-refractivity contribution in [1.82, 2.24) is 20.4 Å². The summed E-state index contributed by atoms with van der Waals surface area (Å²) in [5, 5.41) is 20.9. The van der Waals surface area contributed by atoms with Gasteiger partial charge in [0.15, 0.2) is 6.61 Å². The third kappa shape index (κ3) is 3.84. The molecule has 1 fully saturated rings. The molecule has 3 amide bonds. The first-order chi connectivity index (χ1) is 15.9. The number of imide groups is 1. The van der Waals surface area contributed by atoms with Crippen molar-refractivity contribution >= 4 is 28.6 Å². The molecule has 1 saturated heterocycles. The zero-order valence-corrected chi connectivity index (χ0v) is 18.1. The van der Waals surface area contributed by atoms with Crippen LogP contribution in [0.2, 0.25) is 0 Å². The van der Waals surface area contributed by atoms with Crippen LogP contribution < -0.4 is 15.4 Å². The minimum atomic E-state index is -0.678. The van der Waals surface area contributed by atoms with E-state index in [0.29, 0.717) is 29.8 Å². The topological polar surface area (TPSA) is 123 Å². The van der Waals surface area contributed by atoms with Crippen molar-refractivity contribution in [3.05, 3.63) is 59.3 Å². The number of hydrogen-bond acceptors (Lipinski definition) is 6. The van der Waals surface area contributed by atoms with E-state index >= 15 is 0 Å². The van der Waals surface area contributed by atoms with Crippen LogP contribution in [-0.2, 0) is 27.9 Å². The van der Waals surface area contributed by atoms with Crippen LogP contribution in [0.5, 0.6) is 5.75 Å². The Morgan fingerprint density at radius 3 is 2.88 bits per heavy atom. The highest BCUT2D eigenvalue weighted by molar-refractivity contribution is 6.03. The molecule has 0 radical (unpaired) electrons. The molecule has 3 aromatic rings. The number of piperidine rings is 1. The van der Waals surface area contributed by atoms with Gasteiger partial charge in [-0.3, -0.25) is 24.4 Å². The third-order valence-corrected chi connectivity index (χ3v) is 6.30. The number of aliphatic hydroxyl groups excluding tert-OH is 1. The molecule has 0 bridgehead atoms. The maximum atomic E-state index is 12.6. The summed E-state index contributed by atoms with van der Waals surface area (Å²) in [5.74, 6) is -1.04. The summed E-state index contributed by atoms with van der Waals surface area (Å²) in [7, 11) is 1.75. The summed E-state index contributed by atoms with van der Waals surface area (Å²) in [5.41, 5.74) is 3.19. The molecule has 3 N–H and O–H groups in total. The number of nitrogens with zero attached hydrogens (tertiary/aromatic N) is 2. The molecule has 9 heteroatoms. The Morgan fingerprint density at radius 1 is 1.24 bits per heavy atom. The summed E-state index contributed by atoms with van der Waals surface area (Å²) in [6.45, 7) is -0.233. The molecular weight excluding hydrogens is 424 g/mol. The van der Waals surface area contributed by atoms with Gasteiger partial charge in [0.1, 0.15) is 11.3 Å². The summed E-state index contributed by atoms with van der Waals surface area (Å²) in [6.07, 6.45) is 0.485. The fraction of sp³-hybridized carbons (Fsp3) is 0.333. The van der Waals surface area contributed by atoms with Crippen molar-refractivity contribution < 1.29 is 24.2 Å². The molecule has 1 aromatic heterocycles. The molecule has 2 aromatic carbocycles. The summed E-state index contributed by atoms with van der Waals surface area (Å²) in [6, 6.07) is 12.6. The molecule has 3 unspecified atom stereocenters. The number of carbonyl (C=O) groups is 3. The van der Waals surface area contributed by atoms with Crippen molar-refractivity contribution in [3.63, 3.8) is 0 Å². The minimum Gasteiger partial charge on any atom is -0.482 e. The van der Waals surface area contributed by atoms with Crippen LogP contribution in [0, 0.1) is 0 Å². The number of aliphatic hydroxyl groups is 1. The predicted molar refractivity (Wildman–Crippen MR) is 118 cm³/mol. The van der Waals surface area contributed by atoms with Crippen LogP contribution in [0.4, 0.5) is 0 Å². The van der Waals surface area contributed by atoms with Gasteiger partial charge in [0.05, 0.1) is 23.8 Å². The SMILES string of the molecule is Cn1nc(C2CCC(=O)NC2=O)c2cccc(OCC(=O)NC3c4ccccc4CC3O)c21. The standard InChI is InChI=1S/C24H24N4O5/c1-28-23-15(21(27-28)16-9-10-19(30)26-24(16)32)7-4-8-18(23)33-12-20(31)25-22-14-6-3-2-5-13(14)11-17(22)29/h2-8,16-17,22,29H,9-12H2,1H3,(H,25,31)(H,26,30,32). The molecule has 1 aliphatic heterocycles. The van der Waals surface area contributed by atoms with E-state index in [2.05, 4.69) is 15.7 Å². The molecule has 9 nitrogen and oxygen atoms in total.